The van der Waals surface area contributed by atoms with Crippen LogP contribution in [0.2, 0.25) is 0 Å². The third-order valence-corrected chi connectivity index (χ3v) is 2.84. The van der Waals surface area contributed by atoms with Crippen LogP contribution >= 0.6 is 0 Å². The molecule has 0 aliphatic rings. The predicted molar refractivity (Wildman–Crippen MR) is 72.2 cm³/mol. The Balaban J connectivity index is 1.93. The summed E-state index contributed by atoms with van der Waals surface area (Å²) in [6.45, 7) is 1.88. The minimum atomic E-state index is -1.11. The van der Waals surface area contributed by atoms with E-state index in [2.05, 4.69) is 10.4 Å². The van der Waals surface area contributed by atoms with E-state index >= 15 is 0 Å². The summed E-state index contributed by atoms with van der Waals surface area (Å²) in [5, 5.41) is 15.4. The number of carbonyl (C=O) groups excluding carboxylic acids is 1. The Morgan fingerprint density at radius 2 is 2.00 bits per heavy atom. The number of hydrogen-bond donors (Lipinski definition) is 2. The molecule has 1 atom stereocenters. The molecule has 1 amide bonds. The van der Waals surface area contributed by atoms with E-state index in [1.807, 2.05) is 37.3 Å². The van der Waals surface area contributed by atoms with Crippen LogP contribution in [0.1, 0.15) is 29.0 Å². The topological polar surface area (TPSA) is 84.2 Å². The lowest BCUT2D eigenvalue weighted by Crippen LogP contribution is -2.30. The summed E-state index contributed by atoms with van der Waals surface area (Å²) in [5.41, 5.74) is 0.932. The molecule has 20 heavy (non-hydrogen) atoms. The van der Waals surface area contributed by atoms with Crippen LogP contribution in [-0.4, -0.2) is 26.8 Å². The second kappa shape index (κ2) is 6.01. The predicted octanol–water partition coefficient (Wildman–Crippen LogP) is 1.46. The SMILES string of the molecule is CC(NC(=O)Cn1ccc(C(=O)O)n1)c1ccccc1. The van der Waals surface area contributed by atoms with Gasteiger partial charge in [0.25, 0.3) is 0 Å². The Labute approximate surface area is 116 Å². The van der Waals surface area contributed by atoms with Gasteiger partial charge in [0.05, 0.1) is 6.04 Å². The Morgan fingerprint density at radius 1 is 1.30 bits per heavy atom. The van der Waals surface area contributed by atoms with E-state index in [0.717, 1.165) is 5.56 Å². The largest absolute Gasteiger partial charge is 0.476 e. The van der Waals surface area contributed by atoms with E-state index in [-0.39, 0.29) is 24.2 Å². The number of aromatic carboxylic acids is 1. The van der Waals surface area contributed by atoms with Crippen molar-refractivity contribution in [3.05, 3.63) is 53.9 Å². The molecule has 2 rings (SSSR count). The molecule has 1 aromatic carbocycles. The smallest absolute Gasteiger partial charge is 0.356 e. The quantitative estimate of drug-likeness (QED) is 0.863. The molecule has 0 spiro atoms. The maximum absolute atomic E-state index is 11.9. The van der Waals surface area contributed by atoms with Gasteiger partial charge in [-0.15, -0.1) is 0 Å². The van der Waals surface area contributed by atoms with Crippen LogP contribution in [0.15, 0.2) is 42.6 Å². The zero-order valence-corrected chi connectivity index (χ0v) is 11.0. The average Bonchev–Trinajstić information content (AvgIpc) is 2.88. The first kappa shape index (κ1) is 13.8. The Morgan fingerprint density at radius 3 is 2.60 bits per heavy atom. The van der Waals surface area contributed by atoms with E-state index in [9.17, 15) is 9.59 Å². The van der Waals surface area contributed by atoms with Crippen LogP contribution in [0.3, 0.4) is 0 Å². The van der Waals surface area contributed by atoms with Gasteiger partial charge in [0.1, 0.15) is 6.54 Å². The maximum Gasteiger partial charge on any atom is 0.356 e. The van der Waals surface area contributed by atoms with E-state index in [1.54, 1.807) is 0 Å². The molecule has 0 aliphatic carbocycles. The lowest BCUT2D eigenvalue weighted by molar-refractivity contribution is -0.122. The van der Waals surface area contributed by atoms with Gasteiger partial charge in [-0.2, -0.15) is 5.10 Å². The zero-order chi connectivity index (χ0) is 14.5. The molecule has 0 saturated carbocycles. The minimum absolute atomic E-state index is 0.00947. The number of carboxylic acid groups (broad SMARTS) is 1. The number of nitrogens with zero attached hydrogens (tertiary/aromatic N) is 2. The molecule has 6 nitrogen and oxygen atoms in total. The second-order valence-electron chi connectivity index (χ2n) is 4.40. The molecule has 6 heteroatoms. The van der Waals surface area contributed by atoms with Crippen LogP contribution in [0.5, 0.6) is 0 Å². The highest BCUT2D eigenvalue weighted by atomic mass is 16.4. The fourth-order valence-corrected chi connectivity index (χ4v) is 1.82. The molecule has 0 radical (unpaired) electrons. The van der Waals surface area contributed by atoms with Crippen LogP contribution < -0.4 is 5.32 Å². The molecule has 2 aromatic rings. The van der Waals surface area contributed by atoms with Gasteiger partial charge in [0.2, 0.25) is 5.91 Å². The fourth-order valence-electron chi connectivity index (χ4n) is 1.82. The molecule has 0 bridgehead atoms. The maximum atomic E-state index is 11.9. The monoisotopic (exact) mass is 273 g/mol. The standard InChI is InChI=1S/C14H15N3O3/c1-10(11-5-3-2-4-6-11)15-13(18)9-17-8-7-12(16-17)14(19)20/h2-8,10H,9H2,1H3,(H,15,18)(H,19,20). The van der Waals surface area contributed by atoms with Gasteiger partial charge >= 0.3 is 5.97 Å². The summed E-state index contributed by atoms with van der Waals surface area (Å²) >= 11 is 0. The van der Waals surface area contributed by atoms with Gasteiger partial charge in [-0.1, -0.05) is 30.3 Å². The van der Waals surface area contributed by atoms with Crippen molar-refractivity contribution in [2.45, 2.75) is 19.5 Å². The molecule has 1 aromatic heterocycles. The third-order valence-electron chi connectivity index (χ3n) is 2.84. The van der Waals surface area contributed by atoms with Crippen molar-refractivity contribution >= 4 is 11.9 Å². The van der Waals surface area contributed by atoms with Crippen LogP contribution in [0.25, 0.3) is 0 Å². The Hall–Kier alpha value is -2.63. The number of carbonyl (C=O) groups is 2. The highest BCUT2D eigenvalue weighted by Crippen LogP contribution is 2.10. The Bertz CT molecular complexity index is 607. The molecular weight excluding hydrogens is 258 g/mol. The van der Waals surface area contributed by atoms with Crippen LogP contribution in [0, 0.1) is 0 Å². The highest BCUT2D eigenvalue weighted by molar-refractivity contribution is 5.85. The number of rotatable bonds is 5. The van der Waals surface area contributed by atoms with Crippen molar-refractivity contribution in [3.8, 4) is 0 Å². The van der Waals surface area contributed by atoms with Gasteiger partial charge in [-0.3, -0.25) is 9.48 Å². The molecule has 0 fully saturated rings. The normalized spacial score (nSPS) is 11.8. The van der Waals surface area contributed by atoms with Crippen molar-refractivity contribution in [3.63, 3.8) is 0 Å². The lowest BCUT2D eigenvalue weighted by Gasteiger charge is -2.14. The first-order chi connectivity index (χ1) is 9.56. The van der Waals surface area contributed by atoms with Crippen molar-refractivity contribution in [1.82, 2.24) is 15.1 Å². The van der Waals surface area contributed by atoms with E-state index in [1.165, 1.54) is 16.9 Å². The van der Waals surface area contributed by atoms with Gasteiger partial charge < -0.3 is 10.4 Å². The summed E-state index contributed by atoms with van der Waals surface area (Å²) in [6.07, 6.45) is 1.47. The summed E-state index contributed by atoms with van der Waals surface area (Å²) in [4.78, 5) is 22.5. The molecule has 2 N–H and O–H groups in total. The Kier molecular flexibility index (Phi) is 4.14. The fraction of sp³-hybridized carbons (Fsp3) is 0.214. The summed E-state index contributed by atoms with van der Waals surface area (Å²) in [5.74, 6) is -1.33. The third kappa shape index (κ3) is 3.44. The number of benzene rings is 1. The van der Waals surface area contributed by atoms with E-state index in [0.29, 0.717) is 0 Å². The van der Waals surface area contributed by atoms with E-state index < -0.39 is 5.97 Å². The number of nitrogens with one attached hydrogen (secondary N) is 1. The first-order valence-corrected chi connectivity index (χ1v) is 6.17. The second-order valence-corrected chi connectivity index (χ2v) is 4.40. The average molecular weight is 273 g/mol. The zero-order valence-electron chi connectivity index (χ0n) is 11.0. The highest BCUT2D eigenvalue weighted by Gasteiger charge is 2.12. The van der Waals surface area contributed by atoms with Gasteiger partial charge in [0, 0.05) is 6.20 Å². The van der Waals surface area contributed by atoms with Crippen LogP contribution in [-0.2, 0) is 11.3 Å². The van der Waals surface area contributed by atoms with Crippen molar-refractivity contribution < 1.29 is 14.7 Å². The summed E-state index contributed by atoms with van der Waals surface area (Å²) in [7, 11) is 0. The molecule has 1 unspecified atom stereocenters. The van der Waals surface area contributed by atoms with Gasteiger partial charge in [-0.25, -0.2) is 4.79 Å². The summed E-state index contributed by atoms with van der Waals surface area (Å²) < 4.78 is 1.30. The van der Waals surface area contributed by atoms with E-state index in [4.69, 9.17) is 5.11 Å². The molecular formula is C14H15N3O3. The molecule has 0 aliphatic heterocycles. The lowest BCUT2D eigenvalue weighted by atomic mass is 10.1. The summed E-state index contributed by atoms with van der Waals surface area (Å²) in [6, 6.07) is 10.8. The van der Waals surface area contributed by atoms with Crippen molar-refractivity contribution in [2.75, 3.05) is 0 Å². The van der Waals surface area contributed by atoms with Crippen LogP contribution in [0.4, 0.5) is 0 Å². The molecule has 104 valence electrons. The minimum Gasteiger partial charge on any atom is -0.476 e. The first-order valence-electron chi connectivity index (χ1n) is 6.17. The number of carboxylic acids is 1. The van der Waals surface area contributed by atoms with Gasteiger partial charge in [0.15, 0.2) is 5.69 Å². The number of amides is 1. The molecule has 0 saturated heterocycles. The number of hydrogen-bond acceptors (Lipinski definition) is 3. The molecule has 1 heterocycles. The number of aromatic nitrogens is 2. The van der Waals surface area contributed by atoms with Crippen molar-refractivity contribution in [2.24, 2.45) is 0 Å². The van der Waals surface area contributed by atoms with Crippen molar-refractivity contribution in [1.29, 1.82) is 0 Å². The van der Waals surface area contributed by atoms with Gasteiger partial charge in [-0.05, 0) is 18.6 Å².